The zero-order valence-electron chi connectivity index (χ0n) is 13.8. The van der Waals surface area contributed by atoms with Gasteiger partial charge in [0, 0.05) is 11.6 Å². The second-order valence-corrected chi connectivity index (χ2v) is 8.47. The number of hydrogen-bond donors (Lipinski definition) is 1. The molecule has 4 aromatic rings. The summed E-state index contributed by atoms with van der Waals surface area (Å²) in [5.74, 6) is 0.483. The van der Waals surface area contributed by atoms with E-state index in [2.05, 4.69) is 14.7 Å². The zero-order valence-corrected chi connectivity index (χ0v) is 15.5. The average molecular weight is 385 g/mol. The number of aromatic nitrogens is 2. The van der Waals surface area contributed by atoms with Gasteiger partial charge in [-0.1, -0.05) is 18.2 Å². The third-order valence-electron chi connectivity index (χ3n) is 3.83. The molecular formula is C18H15N3O3S2. The highest BCUT2D eigenvalue weighted by atomic mass is 32.2. The van der Waals surface area contributed by atoms with E-state index in [0.717, 1.165) is 15.8 Å². The summed E-state index contributed by atoms with van der Waals surface area (Å²) in [6.07, 6.45) is 3.12. The number of rotatable bonds is 5. The molecule has 4 rings (SSSR count). The molecule has 0 aliphatic carbocycles. The third kappa shape index (κ3) is 3.26. The van der Waals surface area contributed by atoms with Gasteiger partial charge < -0.3 is 4.42 Å². The molecule has 0 aliphatic rings. The van der Waals surface area contributed by atoms with E-state index in [1.807, 2.05) is 36.6 Å². The summed E-state index contributed by atoms with van der Waals surface area (Å²) in [7, 11) is -3.73. The van der Waals surface area contributed by atoms with Crippen molar-refractivity contribution in [2.45, 2.75) is 18.4 Å². The molecule has 1 aromatic carbocycles. The van der Waals surface area contributed by atoms with Gasteiger partial charge in [0.2, 0.25) is 15.9 Å². The van der Waals surface area contributed by atoms with Gasteiger partial charge in [-0.3, -0.25) is 4.98 Å². The van der Waals surface area contributed by atoms with E-state index in [0.29, 0.717) is 17.1 Å². The van der Waals surface area contributed by atoms with Crippen LogP contribution in [0.1, 0.15) is 11.3 Å². The summed E-state index contributed by atoms with van der Waals surface area (Å²) >= 11 is 1.51. The smallest absolute Gasteiger partial charge is 0.243 e. The van der Waals surface area contributed by atoms with Crippen molar-refractivity contribution in [3.63, 3.8) is 0 Å². The van der Waals surface area contributed by atoms with E-state index >= 15 is 0 Å². The molecule has 0 unspecified atom stereocenters. The predicted octanol–water partition coefficient (Wildman–Crippen LogP) is 3.74. The Morgan fingerprint density at radius 2 is 2.12 bits per heavy atom. The summed E-state index contributed by atoms with van der Waals surface area (Å²) < 4.78 is 33.5. The van der Waals surface area contributed by atoms with Crippen molar-refractivity contribution in [3.05, 3.63) is 65.5 Å². The normalized spacial score (nSPS) is 11.9. The fourth-order valence-corrected chi connectivity index (χ4v) is 4.44. The SMILES string of the molecule is Cc1cnc2c(S(=O)(=O)NCc3coc(-c4cccs4)n3)cccc2c1. The first-order valence-electron chi connectivity index (χ1n) is 7.86. The van der Waals surface area contributed by atoms with Gasteiger partial charge >= 0.3 is 0 Å². The van der Waals surface area contributed by atoms with Crippen molar-refractivity contribution in [2.24, 2.45) is 0 Å². The molecule has 6 nitrogen and oxygen atoms in total. The Labute approximate surface area is 154 Å². The number of para-hydroxylation sites is 1. The number of aryl methyl sites for hydroxylation is 1. The van der Waals surface area contributed by atoms with Crippen LogP contribution in [-0.2, 0) is 16.6 Å². The number of sulfonamides is 1. The molecule has 8 heteroatoms. The first kappa shape index (κ1) is 16.9. The highest BCUT2D eigenvalue weighted by molar-refractivity contribution is 7.89. The van der Waals surface area contributed by atoms with Crippen LogP contribution < -0.4 is 4.72 Å². The second-order valence-electron chi connectivity index (χ2n) is 5.79. The van der Waals surface area contributed by atoms with Gasteiger partial charge in [-0.25, -0.2) is 18.1 Å². The largest absolute Gasteiger partial charge is 0.444 e. The van der Waals surface area contributed by atoms with Gasteiger partial charge in [0.15, 0.2) is 0 Å². The summed E-state index contributed by atoms with van der Waals surface area (Å²) in [5, 5.41) is 2.71. The van der Waals surface area contributed by atoms with Crippen molar-refractivity contribution in [2.75, 3.05) is 0 Å². The minimum Gasteiger partial charge on any atom is -0.444 e. The molecule has 3 aromatic heterocycles. The van der Waals surface area contributed by atoms with Crippen LogP contribution in [0.5, 0.6) is 0 Å². The number of oxazole rings is 1. The van der Waals surface area contributed by atoms with Crippen molar-refractivity contribution in [1.82, 2.24) is 14.7 Å². The van der Waals surface area contributed by atoms with Gasteiger partial charge in [0.1, 0.15) is 11.2 Å². The van der Waals surface area contributed by atoms with Gasteiger partial charge in [0.25, 0.3) is 0 Å². The molecule has 0 saturated carbocycles. The zero-order chi connectivity index (χ0) is 18.1. The lowest BCUT2D eigenvalue weighted by molar-refractivity contribution is 0.571. The number of benzene rings is 1. The Balaban J connectivity index is 1.58. The number of nitrogens with zero attached hydrogens (tertiary/aromatic N) is 2. The Bertz CT molecular complexity index is 1170. The molecule has 0 atom stereocenters. The van der Waals surface area contributed by atoms with E-state index < -0.39 is 10.0 Å². The summed E-state index contributed by atoms with van der Waals surface area (Å²) in [6.45, 7) is 1.96. The van der Waals surface area contributed by atoms with E-state index in [1.165, 1.54) is 17.6 Å². The Morgan fingerprint density at radius 1 is 1.23 bits per heavy atom. The lowest BCUT2D eigenvalue weighted by Gasteiger charge is -2.08. The predicted molar refractivity (Wildman–Crippen MR) is 100 cm³/mol. The Hall–Kier alpha value is -2.55. The molecule has 1 N–H and O–H groups in total. The molecule has 0 amide bonds. The highest BCUT2D eigenvalue weighted by Crippen LogP contribution is 2.24. The van der Waals surface area contributed by atoms with Gasteiger partial charge in [-0.05, 0) is 36.1 Å². The molecule has 0 aliphatic heterocycles. The fourth-order valence-electron chi connectivity index (χ4n) is 2.61. The molecule has 0 spiro atoms. The summed E-state index contributed by atoms with van der Waals surface area (Å²) in [6, 6.07) is 10.8. The van der Waals surface area contributed by atoms with Crippen LogP contribution in [0.25, 0.3) is 21.7 Å². The first-order valence-corrected chi connectivity index (χ1v) is 10.2. The standard InChI is InChI=1S/C18H15N3O3S2/c1-12-8-13-4-2-6-16(17(13)19-9-12)26(22,23)20-10-14-11-24-18(21-14)15-5-3-7-25-15/h2-9,11,20H,10H2,1H3. The van der Waals surface area contributed by atoms with Crippen molar-refractivity contribution in [1.29, 1.82) is 0 Å². The lowest BCUT2D eigenvalue weighted by atomic mass is 10.2. The quantitative estimate of drug-likeness (QED) is 0.566. The second kappa shape index (κ2) is 6.64. The number of nitrogens with one attached hydrogen (secondary N) is 1. The van der Waals surface area contributed by atoms with E-state index in [1.54, 1.807) is 18.3 Å². The van der Waals surface area contributed by atoms with Crippen molar-refractivity contribution >= 4 is 32.3 Å². The monoisotopic (exact) mass is 385 g/mol. The number of pyridine rings is 1. The molecule has 26 heavy (non-hydrogen) atoms. The van der Waals surface area contributed by atoms with Gasteiger partial charge in [0.05, 0.1) is 22.6 Å². The topological polar surface area (TPSA) is 85.1 Å². The molecule has 0 radical (unpaired) electrons. The van der Waals surface area contributed by atoms with Crippen molar-refractivity contribution < 1.29 is 12.8 Å². The molecule has 0 bridgehead atoms. The van der Waals surface area contributed by atoms with Gasteiger partial charge in [-0.15, -0.1) is 11.3 Å². The van der Waals surface area contributed by atoms with Crippen LogP contribution in [0, 0.1) is 6.92 Å². The maximum absolute atomic E-state index is 12.7. The number of thiophene rings is 1. The Morgan fingerprint density at radius 3 is 2.92 bits per heavy atom. The number of hydrogen-bond acceptors (Lipinski definition) is 6. The minimum atomic E-state index is -3.73. The van der Waals surface area contributed by atoms with Crippen LogP contribution in [-0.4, -0.2) is 18.4 Å². The molecule has 0 saturated heterocycles. The van der Waals surface area contributed by atoms with E-state index in [9.17, 15) is 8.42 Å². The summed E-state index contributed by atoms with van der Waals surface area (Å²) in [5.41, 5.74) is 1.94. The highest BCUT2D eigenvalue weighted by Gasteiger charge is 2.19. The van der Waals surface area contributed by atoms with Crippen LogP contribution in [0.3, 0.4) is 0 Å². The van der Waals surface area contributed by atoms with E-state index in [-0.39, 0.29) is 11.4 Å². The van der Waals surface area contributed by atoms with Gasteiger partial charge in [-0.2, -0.15) is 0 Å². The first-order chi connectivity index (χ1) is 12.5. The van der Waals surface area contributed by atoms with Crippen LogP contribution in [0.4, 0.5) is 0 Å². The third-order valence-corrected chi connectivity index (χ3v) is 6.12. The Kier molecular flexibility index (Phi) is 4.31. The molecule has 0 fully saturated rings. The van der Waals surface area contributed by atoms with Crippen LogP contribution in [0.2, 0.25) is 0 Å². The minimum absolute atomic E-state index is 0.0411. The van der Waals surface area contributed by atoms with E-state index in [4.69, 9.17) is 4.42 Å². The molecule has 3 heterocycles. The maximum Gasteiger partial charge on any atom is 0.243 e. The molecular weight excluding hydrogens is 370 g/mol. The number of fused-ring (bicyclic) bond motifs is 1. The summed E-state index contributed by atoms with van der Waals surface area (Å²) in [4.78, 5) is 9.66. The molecule has 132 valence electrons. The fraction of sp³-hybridized carbons (Fsp3) is 0.111. The average Bonchev–Trinajstić information content (AvgIpc) is 3.30. The lowest BCUT2D eigenvalue weighted by Crippen LogP contribution is -2.23. The van der Waals surface area contributed by atoms with Crippen molar-refractivity contribution in [3.8, 4) is 10.8 Å². The van der Waals surface area contributed by atoms with Crippen LogP contribution >= 0.6 is 11.3 Å². The maximum atomic E-state index is 12.7. The van der Waals surface area contributed by atoms with Crippen LogP contribution in [0.15, 0.2) is 63.6 Å².